The molecule has 3 nitrogen and oxygen atoms in total. The number of nitrogens with one attached hydrogen (secondary N) is 1. The van der Waals surface area contributed by atoms with E-state index in [1.165, 1.54) is 12.1 Å². The Morgan fingerprint density at radius 3 is 2.62 bits per heavy atom. The molecule has 0 aromatic heterocycles. The molecule has 1 aromatic rings. The van der Waals surface area contributed by atoms with Crippen LogP contribution in [0.15, 0.2) is 24.3 Å². The van der Waals surface area contributed by atoms with E-state index in [0.29, 0.717) is 0 Å². The number of rotatable bonds is 1. The summed E-state index contributed by atoms with van der Waals surface area (Å²) < 4.78 is 0. The zero-order valence-corrected chi connectivity index (χ0v) is 7.66. The van der Waals surface area contributed by atoms with E-state index in [9.17, 15) is 0 Å². The van der Waals surface area contributed by atoms with E-state index >= 15 is 0 Å². The molecule has 1 aromatic carbocycles. The van der Waals surface area contributed by atoms with Crippen molar-refractivity contribution in [3.63, 3.8) is 0 Å². The second-order valence-corrected chi connectivity index (χ2v) is 3.37. The van der Waals surface area contributed by atoms with Crippen molar-refractivity contribution in [2.24, 2.45) is 0 Å². The average molecular weight is 177 g/mol. The Balaban J connectivity index is 2.10. The molecular formula is C10H15N3. The molecular weight excluding hydrogens is 162 g/mol. The van der Waals surface area contributed by atoms with E-state index in [1.54, 1.807) is 0 Å². The Morgan fingerprint density at radius 1 is 1.23 bits per heavy atom. The molecule has 0 unspecified atom stereocenters. The maximum atomic E-state index is 5.62. The molecule has 3 N–H and O–H groups in total. The molecule has 0 aliphatic carbocycles. The molecule has 2 rings (SSSR count). The number of anilines is 2. The Hall–Kier alpha value is -1.22. The van der Waals surface area contributed by atoms with Crippen molar-refractivity contribution in [2.45, 2.75) is 6.42 Å². The van der Waals surface area contributed by atoms with Gasteiger partial charge < -0.3 is 10.6 Å². The first kappa shape index (κ1) is 8.38. The van der Waals surface area contributed by atoms with Gasteiger partial charge in [-0.25, -0.2) is 0 Å². The van der Waals surface area contributed by atoms with Crippen LogP contribution in [0.25, 0.3) is 0 Å². The van der Waals surface area contributed by atoms with E-state index in [1.807, 2.05) is 12.1 Å². The minimum Gasteiger partial charge on any atom is -0.399 e. The van der Waals surface area contributed by atoms with Gasteiger partial charge >= 0.3 is 0 Å². The largest absolute Gasteiger partial charge is 0.399 e. The first-order chi connectivity index (χ1) is 6.36. The topological polar surface area (TPSA) is 41.3 Å². The molecule has 1 saturated heterocycles. The quantitative estimate of drug-likeness (QED) is 0.629. The van der Waals surface area contributed by atoms with Crippen LogP contribution in [0, 0.1) is 0 Å². The Bertz CT molecular complexity index is 262. The third kappa shape index (κ3) is 1.92. The number of nitrogens with zero attached hydrogens (tertiary/aromatic N) is 1. The van der Waals surface area contributed by atoms with Crippen molar-refractivity contribution in [1.29, 1.82) is 0 Å². The standard InChI is InChI=1S/C10H15N3/c11-9-2-4-10(5-3-9)13-7-1-6-12-8-13/h2-5,12H,1,6-8,11H2. The molecule has 0 radical (unpaired) electrons. The molecule has 0 bridgehead atoms. The van der Waals surface area contributed by atoms with Crippen molar-refractivity contribution in [1.82, 2.24) is 5.32 Å². The molecule has 1 heterocycles. The summed E-state index contributed by atoms with van der Waals surface area (Å²) in [4.78, 5) is 2.32. The number of hydrogen-bond acceptors (Lipinski definition) is 3. The fourth-order valence-electron chi connectivity index (χ4n) is 1.59. The van der Waals surface area contributed by atoms with Gasteiger partial charge in [-0.3, -0.25) is 5.32 Å². The van der Waals surface area contributed by atoms with Crippen LogP contribution < -0.4 is 16.0 Å². The molecule has 1 aliphatic heterocycles. The maximum Gasteiger partial charge on any atom is 0.0682 e. The van der Waals surface area contributed by atoms with Crippen molar-refractivity contribution in [3.05, 3.63) is 24.3 Å². The number of benzene rings is 1. The van der Waals surface area contributed by atoms with E-state index in [2.05, 4.69) is 22.3 Å². The Kier molecular flexibility index (Phi) is 2.36. The van der Waals surface area contributed by atoms with Crippen LogP contribution in [0.1, 0.15) is 6.42 Å². The Labute approximate surface area is 78.5 Å². The van der Waals surface area contributed by atoms with E-state index in [4.69, 9.17) is 5.73 Å². The summed E-state index contributed by atoms with van der Waals surface area (Å²) in [6.45, 7) is 3.21. The van der Waals surface area contributed by atoms with Crippen LogP contribution in [0.5, 0.6) is 0 Å². The molecule has 0 spiro atoms. The molecule has 0 saturated carbocycles. The maximum absolute atomic E-state index is 5.62. The van der Waals surface area contributed by atoms with E-state index in [0.717, 1.165) is 25.4 Å². The fraction of sp³-hybridized carbons (Fsp3) is 0.400. The molecule has 70 valence electrons. The second-order valence-electron chi connectivity index (χ2n) is 3.37. The van der Waals surface area contributed by atoms with Crippen molar-refractivity contribution < 1.29 is 0 Å². The van der Waals surface area contributed by atoms with Gasteiger partial charge in [-0.2, -0.15) is 0 Å². The van der Waals surface area contributed by atoms with Crippen LogP contribution in [-0.4, -0.2) is 19.8 Å². The van der Waals surface area contributed by atoms with Crippen molar-refractivity contribution >= 4 is 11.4 Å². The molecule has 0 amide bonds. The second kappa shape index (κ2) is 3.66. The summed E-state index contributed by atoms with van der Waals surface area (Å²) >= 11 is 0. The highest BCUT2D eigenvalue weighted by atomic mass is 15.2. The van der Waals surface area contributed by atoms with Gasteiger partial charge in [-0.1, -0.05) is 0 Å². The minimum atomic E-state index is 0.828. The smallest absolute Gasteiger partial charge is 0.0682 e. The highest BCUT2D eigenvalue weighted by Gasteiger charge is 2.08. The average Bonchev–Trinajstić information content (AvgIpc) is 2.20. The first-order valence-corrected chi connectivity index (χ1v) is 4.67. The fourth-order valence-corrected chi connectivity index (χ4v) is 1.59. The van der Waals surface area contributed by atoms with Gasteiger partial charge in [0.1, 0.15) is 0 Å². The number of hydrogen-bond donors (Lipinski definition) is 2. The van der Waals surface area contributed by atoms with Gasteiger partial charge in [0.2, 0.25) is 0 Å². The SMILES string of the molecule is Nc1ccc(N2CCCNC2)cc1. The first-order valence-electron chi connectivity index (χ1n) is 4.67. The predicted molar refractivity (Wildman–Crippen MR) is 55.7 cm³/mol. The molecule has 3 heteroatoms. The molecule has 1 fully saturated rings. The van der Waals surface area contributed by atoms with Gasteiger partial charge in [0.15, 0.2) is 0 Å². The van der Waals surface area contributed by atoms with Crippen LogP contribution >= 0.6 is 0 Å². The lowest BCUT2D eigenvalue weighted by Crippen LogP contribution is -2.41. The van der Waals surface area contributed by atoms with Crippen molar-refractivity contribution in [2.75, 3.05) is 30.4 Å². The lowest BCUT2D eigenvalue weighted by atomic mass is 10.2. The highest BCUT2D eigenvalue weighted by Crippen LogP contribution is 2.16. The van der Waals surface area contributed by atoms with Gasteiger partial charge in [-0.05, 0) is 37.2 Å². The summed E-state index contributed by atoms with van der Waals surface area (Å²) in [5.41, 5.74) is 7.70. The van der Waals surface area contributed by atoms with E-state index in [-0.39, 0.29) is 0 Å². The molecule has 1 aliphatic rings. The van der Waals surface area contributed by atoms with Crippen molar-refractivity contribution in [3.8, 4) is 0 Å². The monoisotopic (exact) mass is 177 g/mol. The summed E-state index contributed by atoms with van der Waals surface area (Å²) in [6.07, 6.45) is 1.21. The lowest BCUT2D eigenvalue weighted by Gasteiger charge is -2.29. The summed E-state index contributed by atoms with van der Waals surface area (Å²) in [5.74, 6) is 0. The summed E-state index contributed by atoms with van der Waals surface area (Å²) in [5, 5.41) is 3.34. The van der Waals surface area contributed by atoms with Gasteiger partial charge in [0, 0.05) is 17.9 Å². The normalized spacial score (nSPS) is 17.4. The molecule has 13 heavy (non-hydrogen) atoms. The molecule has 0 atom stereocenters. The lowest BCUT2D eigenvalue weighted by molar-refractivity contribution is 0.553. The zero-order chi connectivity index (χ0) is 9.10. The predicted octanol–water partition coefficient (Wildman–Crippen LogP) is 1.03. The van der Waals surface area contributed by atoms with Gasteiger partial charge in [0.25, 0.3) is 0 Å². The third-order valence-electron chi connectivity index (χ3n) is 2.34. The summed E-state index contributed by atoms with van der Waals surface area (Å²) in [6, 6.07) is 8.04. The summed E-state index contributed by atoms with van der Waals surface area (Å²) in [7, 11) is 0. The van der Waals surface area contributed by atoms with Gasteiger partial charge in [0.05, 0.1) is 6.67 Å². The third-order valence-corrected chi connectivity index (χ3v) is 2.34. The highest BCUT2D eigenvalue weighted by molar-refractivity contribution is 5.53. The minimum absolute atomic E-state index is 0.828. The van der Waals surface area contributed by atoms with Crippen LogP contribution in [0.3, 0.4) is 0 Å². The Morgan fingerprint density at radius 2 is 2.00 bits per heavy atom. The van der Waals surface area contributed by atoms with Crippen LogP contribution in [-0.2, 0) is 0 Å². The van der Waals surface area contributed by atoms with E-state index < -0.39 is 0 Å². The number of nitrogen functional groups attached to an aromatic ring is 1. The van der Waals surface area contributed by atoms with Crippen LogP contribution in [0.4, 0.5) is 11.4 Å². The van der Waals surface area contributed by atoms with Gasteiger partial charge in [-0.15, -0.1) is 0 Å². The van der Waals surface area contributed by atoms with Crippen LogP contribution in [0.2, 0.25) is 0 Å². The number of nitrogens with two attached hydrogens (primary N) is 1. The zero-order valence-electron chi connectivity index (χ0n) is 7.66.